The molecule has 28 heavy (non-hydrogen) atoms. The number of alkyl halides is 3. The zero-order valence-electron chi connectivity index (χ0n) is 15.0. The summed E-state index contributed by atoms with van der Waals surface area (Å²) in [6.45, 7) is 1.45. The lowest BCUT2D eigenvalue weighted by atomic mass is 9.76. The molecule has 5 nitrogen and oxygen atoms in total. The first-order chi connectivity index (χ1) is 13.3. The van der Waals surface area contributed by atoms with Crippen molar-refractivity contribution in [3.05, 3.63) is 47.0 Å². The number of hydrogen-bond donors (Lipinski definition) is 1. The first-order valence-electron chi connectivity index (χ1n) is 8.81. The van der Waals surface area contributed by atoms with Crippen LogP contribution in [0.3, 0.4) is 0 Å². The fraction of sp³-hybridized carbons (Fsp3) is 0.350. The van der Waals surface area contributed by atoms with Gasteiger partial charge in [0.05, 0.1) is 0 Å². The van der Waals surface area contributed by atoms with E-state index in [1.54, 1.807) is 0 Å². The van der Waals surface area contributed by atoms with E-state index in [2.05, 4.69) is 42.3 Å². The lowest BCUT2D eigenvalue weighted by Gasteiger charge is -2.40. The van der Waals surface area contributed by atoms with Gasteiger partial charge in [0, 0.05) is 18.2 Å². The Labute approximate surface area is 159 Å². The van der Waals surface area contributed by atoms with Crippen LogP contribution >= 0.6 is 0 Å². The molecule has 8 heteroatoms. The van der Waals surface area contributed by atoms with Crippen molar-refractivity contribution in [2.24, 2.45) is 0 Å². The molecule has 148 valence electrons. The van der Waals surface area contributed by atoms with Gasteiger partial charge in [-0.25, -0.2) is 4.79 Å². The van der Waals surface area contributed by atoms with Crippen LogP contribution in [0.15, 0.2) is 30.3 Å². The van der Waals surface area contributed by atoms with Crippen molar-refractivity contribution in [3.63, 3.8) is 0 Å². The number of rotatable bonds is 0. The number of fused-ring (bicyclic) bond motifs is 4. The Morgan fingerprint density at radius 2 is 1.93 bits per heavy atom. The smallest absolute Gasteiger partial charge is 0.475 e. The monoisotopic (exact) mass is 393 g/mol. The van der Waals surface area contributed by atoms with Gasteiger partial charge in [0.2, 0.25) is 6.79 Å². The molecular weight excluding hydrogens is 375 g/mol. The van der Waals surface area contributed by atoms with Crippen LogP contribution < -0.4 is 9.47 Å². The minimum atomic E-state index is -5.08. The second kappa shape index (κ2) is 6.70. The highest BCUT2D eigenvalue weighted by Crippen LogP contribution is 2.53. The average molecular weight is 393 g/mol. The highest BCUT2D eigenvalue weighted by atomic mass is 19.4. The molecule has 2 aromatic carbocycles. The van der Waals surface area contributed by atoms with E-state index >= 15 is 0 Å². The van der Waals surface area contributed by atoms with Gasteiger partial charge in [0.15, 0.2) is 11.5 Å². The van der Waals surface area contributed by atoms with E-state index in [1.165, 1.54) is 27.8 Å². The second-order valence-electron chi connectivity index (χ2n) is 6.97. The van der Waals surface area contributed by atoms with E-state index in [1.807, 2.05) is 0 Å². The van der Waals surface area contributed by atoms with Crippen LogP contribution in [0.25, 0.3) is 11.1 Å². The molecule has 0 fully saturated rings. The third-order valence-electron chi connectivity index (χ3n) is 5.33. The molecule has 2 aliphatic heterocycles. The van der Waals surface area contributed by atoms with E-state index < -0.39 is 12.1 Å². The first-order valence-corrected chi connectivity index (χ1v) is 8.81. The van der Waals surface area contributed by atoms with Crippen molar-refractivity contribution in [3.8, 4) is 22.6 Å². The summed E-state index contributed by atoms with van der Waals surface area (Å²) in [4.78, 5) is 11.4. The predicted octanol–water partition coefficient (Wildman–Crippen LogP) is 3.80. The number of carboxylic acids is 1. The van der Waals surface area contributed by atoms with Gasteiger partial charge in [-0.3, -0.25) is 4.90 Å². The minimum Gasteiger partial charge on any atom is -0.475 e. The van der Waals surface area contributed by atoms with E-state index in [4.69, 9.17) is 19.4 Å². The van der Waals surface area contributed by atoms with Crippen molar-refractivity contribution in [1.29, 1.82) is 0 Å². The highest BCUT2D eigenvalue weighted by Gasteiger charge is 2.38. The van der Waals surface area contributed by atoms with Crippen LogP contribution in [0, 0.1) is 0 Å². The fourth-order valence-corrected chi connectivity index (χ4v) is 4.05. The number of halogens is 3. The minimum absolute atomic E-state index is 0.341. The molecule has 1 aliphatic carbocycles. The maximum Gasteiger partial charge on any atom is 0.490 e. The fourth-order valence-electron chi connectivity index (χ4n) is 4.05. The Balaban J connectivity index is 0.000000239. The normalized spacial score (nSPS) is 19.2. The van der Waals surface area contributed by atoms with Crippen LogP contribution in [0.5, 0.6) is 11.5 Å². The molecule has 0 saturated heterocycles. The molecule has 3 aliphatic rings. The molecular formula is C20H18F3NO4. The number of benzene rings is 2. The Morgan fingerprint density at radius 1 is 1.21 bits per heavy atom. The lowest BCUT2D eigenvalue weighted by Crippen LogP contribution is -2.35. The highest BCUT2D eigenvalue weighted by molar-refractivity contribution is 5.83. The number of hydrogen-bond acceptors (Lipinski definition) is 4. The molecule has 0 spiro atoms. The van der Waals surface area contributed by atoms with E-state index in [0.717, 1.165) is 30.9 Å². The summed E-state index contributed by atoms with van der Waals surface area (Å²) >= 11 is 0. The maximum absolute atomic E-state index is 10.6. The van der Waals surface area contributed by atoms with Gasteiger partial charge < -0.3 is 14.6 Å². The summed E-state index contributed by atoms with van der Waals surface area (Å²) in [7, 11) is 2.23. The lowest BCUT2D eigenvalue weighted by molar-refractivity contribution is -0.192. The zero-order chi connectivity index (χ0) is 20.1. The summed E-state index contributed by atoms with van der Waals surface area (Å²) in [5.74, 6) is -0.891. The van der Waals surface area contributed by atoms with Crippen molar-refractivity contribution >= 4 is 5.97 Å². The molecule has 0 radical (unpaired) electrons. The quantitative estimate of drug-likeness (QED) is 0.738. The Kier molecular flexibility index (Phi) is 4.45. The maximum atomic E-state index is 10.6. The number of ether oxygens (including phenoxy) is 2. The number of nitrogens with zero attached hydrogens (tertiary/aromatic N) is 1. The SMILES string of the molecule is CN1CCc2cc3c(c4c2[C@H]1Cc1ccccc1-4)OCO3.O=C(O)C(F)(F)F. The van der Waals surface area contributed by atoms with Crippen LogP contribution in [0.1, 0.15) is 22.7 Å². The van der Waals surface area contributed by atoms with E-state index in [-0.39, 0.29) is 0 Å². The number of carbonyl (C=O) groups is 1. The van der Waals surface area contributed by atoms with Crippen molar-refractivity contribution in [1.82, 2.24) is 4.90 Å². The molecule has 2 heterocycles. The van der Waals surface area contributed by atoms with E-state index in [0.29, 0.717) is 12.8 Å². The Bertz CT molecular complexity index is 942. The van der Waals surface area contributed by atoms with Gasteiger partial charge in [-0.05, 0) is 48.2 Å². The van der Waals surface area contributed by atoms with Gasteiger partial charge in [-0.2, -0.15) is 13.2 Å². The molecule has 0 saturated carbocycles. The van der Waals surface area contributed by atoms with E-state index in [9.17, 15) is 13.2 Å². The zero-order valence-corrected chi connectivity index (χ0v) is 15.0. The van der Waals surface area contributed by atoms with Gasteiger partial charge in [0.1, 0.15) is 0 Å². The van der Waals surface area contributed by atoms with Gasteiger partial charge in [-0.1, -0.05) is 24.3 Å². The summed E-state index contributed by atoms with van der Waals surface area (Å²) < 4.78 is 43.2. The molecule has 0 bridgehead atoms. The van der Waals surface area contributed by atoms with Gasteiger partial charge in [-0.15, -0.1) is 0 Å². The summed E-state index contributed by atoms with van der Waals surface area (Å²) in [5, 5.41) is 7.12. The van der Waals surface area contributed by atoms with Gasteiger partial charge in [0.25, 0.3) is 0 Å². The van der Waals surface area contributed by atoms with Crippen LogP contribution in [-0.2, 0) is 17.6 Å². The molecule has 5 rings (SSSR count). The third-order valence-corrected chi connectivity index (χ3v) is 5.33. The Hall–Kier alpha value is -2.74. The Morgan fingerprint density at radius 3 is 2.64 bits per heavy atom. The number of carboxylic acid groups (broad SMARTS) is 1. The summed E-state index contributed by atoms with van der Waals surface area (Å²) in [6, 6.07) is 11.4. The molecule has 0 unspecified atom stereocenters. The van der Waals surface area contributed by atoms with Gasteiger partial charge >= 0.3 is 12.1 Å². The van der Waals surface area contributed by atoms with Crippen LogP contribution in [0.2, 0.25) is 0 Å². The van der Waals surface area contributed by atoms with Crippen molar-refractivity contribution in [2.45, 2.75) is 25.1 Å². The molecule has 1 atom stereocenters. The summed E-state index contributed by atoms with van der Waals surface area (Å²) in [5.41, 5.74) is 6.92. The molecule has 0 aromatic heterocycles. The third kappa shape index (κ3) is 3.07. The first kappa shape index (κ1) is 18.6. The van der Waals surface area contributed by atoms with Crippen molar-refractivity contribution in [2.75, 3.05) is 20.4 Å². The predicted molar refractivity (Wildman–Crippen MR) is 94.5 cm³/mol. The number of aliphatic carboxylic acids is 1. The van der Waals surface area contributed by atoms with Crippen LogP contribution in [-0.4, -0.2) is 42.5 Å². The topological polar surface area (TPSA) is 59.0 Å². The average Bonchev–Trinajstić information content (AvgIpc) is 3.12. The molecule has 0 amide bonds. The van der Waals surface area contributed by atoms with Crippen molar-refractivity contribution < 1.29 is 32.5 Å². The summed E-state index contributed by atoms with van der Waals surface area (Å²) in [6.07, 6.45) is -2.90. The number of likely N-dealkylation sites (N-methyl/N-ethyl adjacent to an activating group) is 1. The largest absolute Gasteiger partial charge is 0.490 e. The second-order valence-corrected chi connectivity index (χ2v) is 6.97. The molecule has 2 aromatic rings. The van der Waals surface area contributed by atoms with Crippen LogP contribution in [0.4, 0.5) is 13.2 Å². The molecule has 1 N–H and O–H groups in total. The standard InChI is InChI=1S/C18H17NO2.C2HF3O2/c1-19-7-6-12-9-15-18(21-10-20-15)17-13-5-3-2-4-11(13)8-14(19)16(12)17;3-2(4,5)1(6)7/h2-5,9,14H,6-8,10H2,1H3;(H,6,7)/t14-;/m1./s1.